The van der Waals surface area contributed by atoms with Gasteiger partial charge in [0.05, 0.1) is 22.4 Å². The number of hydrogen-bond donors (Lipinski definition) is 0. The van der Waals surface area contributed by atoms with E-state index in [0.717, 1.165) is 5.56 Å². The molecule has 1 amide bonds. The Morgan fingerprint density at radius 1 is 0.806 bits per heavy atom. The first-order chi connectivity index (χ1) is 17.5. The fourth-order valence-electron chi connectivity index (χ4n) is 3.97. The highest BCUT2D eigenvalue weighted by molar-refractivity contribution is 5.98. The van der Waals surface area contributed by atoms with Crippen LogP contribution in [0.25, 0.3) is 33.5 Å². The van der Waals surface area contributed by atoms with Crippen molar-refractivity contribution in [1.29, 1.82) is 0 Å². The van der Waals surface area contributed by atoms with Crippen molar-refractivity contribution >= 4 is 16.9 Å². The zero-order chi connectivity index (χ0) is 25.1. The molecule has 3 aromatic carbocycles. The zero-order valence-electron chi connectivity index (χ0n) is 19.5. The third-order valence-corrected chi connectivity index (χ3v) is 5.95. The Bertz CT molecular complexity index is 1520. The van der Waals surface area contributed by atoms with Gasteiger partial charge in [-0.3, -0.25) is 9.78 Å². The molecule has 0 aliphatic heterocycles. The first kappa shape index (κ1) is 23.2. The molecule has 5 aromatic rings. The van der Waals surface area contributed by atoms with Gasteiger partial charge in [-0.1, -0.05) is 6.07 Å². The maximum Gasteiger partial charge on any atom is 0.253 e. The normalized spacial score (nSPS) is 11.0. The van der Waals surface area contributed by atoms with Crippen molar-refractivity contribution in [1.82, 2.24) is 19.9 Å². The molecule has 0 fully saturated rings. The fourth-order valence-corrected chi connectivity index (χ4v) is 3.97. The van der Waals surface area contributed by atoms with E-state index in [-0.39, 0.29) is 17.5 Å². The van der Waals surface area contributed by atoms with Crippen molar-refractivity contribution in [2.45, 2.75) is 6.42 Å². The molecule has 5 rings (SSSR count). The molecule has 0 radical (unpaired) electrons. The lowest BCUT2D eigenvalue weighted by atomic mass is 10.0. The lowest BCUT2D eigenvalue weighted by Gasteiger charge is -2.17. The molecule has 0 saturated carbocycles. The number of aromatic nitrogens is 3. The zero-order valence-corrected chi connectivity index (χ0v) is 19.5. The minimum atomic E-state index is -0.363. The van der Waals surface area contributed by atoms with Crippen LogP contribution in [0.1, 0.15) is 15.9 Å². The molecule has 5 nitrogen and oxygen atoms in total. The van der Waals surface area contributed by atoms with Crippen LogP contribution < -0.4 is 0 Å². The van der Waals surface area contributed by atoms with Gasteiger partial charge >= 0.3 is 0 Å². The molecule has 0 unspecified atom stereocenters. The molecule has 36 heavy (non-hydrogen) atoms. The first-order valence-electron chi connectivity index (χ1n) is 11.5. The Labute approximate surface area is 207 Å². The van der Waals surface area contributed by atoms with E-state index >= 15 is 0 Å². The summed E-state index contributed by atoms with van der Waals surface area (Å²) >= 11 is 0. The Morgan fingerprint density at radius 2 is 1.42 bits per heavy atom. The number of likely N-dealkylation sites (N-methyl/N-ethyl adjacent to an activating group) is 1. The van der Waals surface area contributed by atoms with Crippen LogP contribution in [0, 0.1) is 11.6 Å². The maximum atomic E-state index is 13.6. The average Bonchev–Trinajstić information content (AvgIpc) is 2.92. The second-order valence-corrected chi connectivity index (χ2v) is 8.48. The highest BCUT2D eigenvalue weighted by Crippen LogP contribution is 2.31. The highest BCUT2D eigenvalue weighted by atomic mass is 19.1. The number of halogens is 2. The number of hydrogen-bond acceptors (Lipinski definition) is 4. The van der Waals surface area contributed by atoms with Crippen LogP contribution in [0.15, 0.2) is 91.3 Å². The molecule has 2 aromatic heterocycles. The predicted molar refractivity (Wildman–Crippen MR) is 135 cm³/mol. The van der Waals surface area contributed by atoms with E-state index in [9.17, 15) is 13.6 Å². The number of pyridine rings is 1. The van der Waals surface area contributed by atoms with E-state index in [1.807, 2.05) is 12.1 Å². The summed E-state index contributed by atoms with van der Waals surface area (Å²) in [4.78, 5) is 28.5. The van der Waals surface area contributed by atoms with Gasteiger partial charge in [0.15, 0.2) is 0 Å². The maximum absolute atomic E-state index is 13.6. The molecule has 0 bridgehead atoms. The topological polar surface area (TPSA) is 59.0 Å². The van der Waals surface area contributed by atoms with E-state index in [0.29, 0.717) is 52.1 Å². The number of nitrogens with zero attached hydrogens (tertiary/aromatic N) is 4. The second-order valence-electron chi connectivity index (χ2n) is 8.48. The van der Waals surface area contributed by atoms with Gasteiger partial charge in [-0.2, -0.15) is 0 Å². The Kier molecular flexibility index (Phi) is 6.45. The van der Waals surface area contributed by atoms with E-state index in [1.54, 1.807) is 66.8 Å². The summed E-state index contributed by atoms with van der Waals surface area (Å²) in [6.45, 7) is 0.540. The van der Waals surface area contributed by atoms with Gasteiger partial charge in [-0.05, 0) is 84.8 Å². The van der Waals surface area contributed by atoms with Gasteiger partial charge in [0.1, 0.15) is 11.6 Å². The summed E-state index contributed by atoms with van der Waals surface area (Å²) in [7, 11) is 1.76. The van der Waals surface area contributed by atoms with Gasteiger partial charge in [0.25, 0.3) is 5.91 Å². The van der Waals surface area contributed by atoms with E-state index in [4.69, 9.17) is 9.97 Å². The third-order valence-electron chi connectivity index (χ3n) is 5.95. The Hall–Kier alpha value is -4.52. The molecular weight excluding hydrogens is 458 g/mol. The van der Waals surface area contributed by atoms with Gasteiger partial charge in [-0.15, -0.1) is 0 Å². The number of carbonyl (C=O) groups excluding carboxylic acids is 1. The largest absolute Gasteiger partial charge is 0.341 e. The standard InChI is InChI=1S/C29H22F2N4O/c1-35(16-14-19-3-2-15-32-18-19)29(36)22-8-13-25-26(17-22)34-28(21-6-11-24(31)12-7-21)27(33-25)20-4-9-23(30)10-5-20/h2-13,15,17-18H,14,16H2,1H3. The van der Waals surface area contributed by atoms with Crippen molar-refractivity contribution < 1.29 is 13.6 Å². The lowest BCUT2D eigenvalue weighted by molar-refractivity contribution is 0.0796. The number of rotatable bonds is 6. The van der Waals surface area contributed by atoms with Gasteiger partial charge < -0.3 is 4.90 Å². The summed E-state index contributed by atoms with van der Waals surface area (Å²) in [5, 5.41) is 0. The first-order valence-corrected chi connectivity index (χ1v) is 11.5. The molecule has 0 N–H and O–H groups in total. The molecule has 0 spiro atoms. The van der Waals surface area contributed by atoms with E-state index < -0.39 is 0 Å². The smallest absolute Gasteiger partial charge is 0.253 e. The monoisotopic (exact) mass is 480 g/mol. The van der Waals surface area contributed by atoms with Crippen LogP contribution in [0.2, 0.25) is 0 Å². The van der Waals surface area contributed by atoms with Crippen LogP contribution in [-0.2, 0) is 6.42 Å². The van der Waals surface area contributed by atoms with Crippen molar-refractivity contribution in [2.24, 2.45) is 0 Å². The Morgan fingerprint density at radius 3 is 2.00 bits per heavy atom. The minimum Gasteiger partial charge on any atom is -0.341 e. The number of carbonyl (C=O) groups is 1. The van der Waals surface area contributed by atoms with E-state index in [1.165, 1.54) is 24.3 Å². The molecule has 0 aliphatic carbocycles. The predicted octanol–water partition coefficient (Wildman–Crippen LogP) is 5.95. The summed E-state index contributed by atoms with van der Waals surface area (Å²) in [5.41, 5.74) is 5.08. The SMILES string of the molecule is CN(CCc1cccnc1)C(=O)c1ccc2nc(-c3ccc(F)cc3)c(-c3ccc(F)cc3)nc2c1. The van der Waals surface area contributed by atoms with Crippen LogP contribution in [0.4, 0.5) is 8.78 Å². The molecule has 0 aliphatic rings. The third kappa shape index (κ3) is 4.95. The van der Waals surface area contributed by atoms with Gasteiger partial charge in [0.2, 0.25) is 0 Å². The van der Waals surface area contributed by atoms with Crippen LogP contribution in [-0.4, -0.2) is 39.4 Å². The van der Waals surface area contributed by atoms with Gasteiger partial charge in [-0.25, -0.2) is 18.7 Å². The van der Waals surface area contributed by atoms with Crippen molar-refractivity contribution in [2.75, 3.05) is 13.6 Å². The number of amides is 1. The molecular formula is C29H22F2N4O. The average molecular weight is 481 g/mol. The van der Waals surface area contributed by atoms with E-state index in [2.05, 4.69) is 4.98 Å². The summed E-state index contributed by atoms with van der Waals surface area (Å²) in [6, 6.07) is 21.0. The van der Waals surface area contributed by atoms with Crippen LogP contribution in [0.3, 0.4) is 0 Å². The number of fused-ring (bicyclic) bond motifs is 1. The minimum absolute atomic E-state index is 0.131. The summed E-state index contributed by atoms with van der Waals surface area (Å²) < 4.78 is 27.1. The fraction of sp³-hybridized carbons (Fsp3) is 0.103. The molecule has 0 atom stereocenters. The molecule has 2 heterocycles. The van der Waals surface area contributed by atoms with Crippen LogP contribution in [0.5, 0.6) is 0 Å². The van der Waals surface area contributed by atoms with Crippen LogP contribution >= 0.6 is 0 Å². The molecule has 178 valence electrons. The molecule has 0 saturated heterocycles. The summed E-state index contributed by atoms with van der Waals surface area (Å²) in [5.74, 6) is -0.849. The van der Waals surface area contributed by atoms with Crippen molar-refractivity contribution in [3.63, 3.8) is 0 Å². The highest BCUT2D eigenvalue weighted by Gasteiger charge is 2.17. The van der Waals surface area contributed by atoms with Gasteiger partial charge in [0, 0.05) is 42.7 Å². The number of benzene rings is 3. The Balaban J connectivity index is 1.51. The second kappa shape index (κ2) is 10.00. The molecule has 7 heteroatoms. The lowest BCUT2D eigenvalue weighted by Crippen LogP contribution is -2.28. The summed E-state index contributed by atoms with van der Waals surface area (Å²) in [6.07, 6.45) is 4.20. The van der Waals surface area contributed by atoms with Crippen molar-refractivity contribution in [3.8, 4) is 22.5 Å². The van der Waals surface area contributed by atoms with Crippen molar-refractivity contribution in [3.05, 3.63) is 114 Å². The quantitative estimate of drug-likeness (QED) is 0.301.